The number of hydrogen-bond donors (Lipinski definition) is 0. The molecule has 1 aliphatic heterocycles. The first-order valence-electron chi connectivity index (χ1n) is 3.84. The van der Waals surface area contributed by atoms with E-state index in [1.807, 2.05) is 0 Å². The van der Waals surface area contributed by atoms with E-state index < -0.39 is 0 Å². The molecule has 1 aromatic carbocycles. The van der Waals surface area contributed by atoms with E-state index in [4.69, 9.17) is 9.47 Å². The van der Waals surface area contributed by atoms with Gasteiger partial charge in [0.2, 0.25) is 0 Å². The Morgan fingerprint density at radius 3 is 2.83 bits per heavy atom. The van der Waals surface area contributed by atoms with Crippen LogP contribution >= 0.6 is 0 Å². The highest BCUT2D eigenvalue weighted by atomic mass is 19.1. The van der Waals surface area contributed by atoms with E-state index in [-0.39, 0.29) is 11.6 Å². The molecule has 1 aliphatic rings. The molecule has 0 saturated carbocycles. The van der Waals surface area contributed by atoms with Crippen LogP contribution in [-0.2, 0) is 0 Å². The van der Waals surface area contributed by atoms with Crippen LogP contribution in [0.5, 0.6) is 11.5 Å². The van der Waals surface area contributed by atoms with Crippen LogP contribution in [0.25, 0.3) is 0 Å². The van der Waals surface area contributed by atoms with Crippen molar-refractivity contribution >= 4 is 0 Å². The van der Waals surface area contributed by atoms with E-state index in [2.05, 4.69) is 0 Å². The van der Waals surface area contributed by atoms with Crippen molar-refractivity contribution in [1.82, 2.24) is 0 Å². The summed E-state index contributed by atoms with van der Waals surface area (Å²) in [4.78, 5) is 0. The number of aryl methyl sites for hydroxylation is 1. The molecule has 1 aromatic rings. The summed E-state index contributed by atoms with van der Waals surface area (Å²) in [5.74, 6) is 0.442. The topological polar surface area (TPSA) is 18.5 Å². The molecular weight excluding hydrogens is 159 g/mol. The number of ether oxygens (including phenoxy) is 2. The second-order valence-electron chi connectivity index (χ2n) is 2.72. The van der Waals surface area contributed by atoms with Gasteiger partial charge in [0.25, 0.3) is 0 Å². The number of rotatable bonds is 0. The predicted molar refractivity (Wildman–Crippen MR) is 42.1 cm³/mol. The van der Waals surface area contributed by atoms with Crippen molar-refractivity contribution in [3.05, 3.63) is 23.5 Å². The lowest BCUT2D eigenvalue weighted by molar-refractivity contribution is 0.164. The van der Waals surface area contributed by atoms with Crippen LogP contribution in [0.4, 0.5) is 4.39 Å². The Kier molecular flexibility index (Phi) is 1.64. The zero-order valence-corrected chi connectivity index (χ0v) is 6.76. The smallest absolute Gasteiger partial charge is 0.197 e. The van der Waals surface area contributed by atoms with Gasteiger partial charge in [-0.15, -0.1) is 0 Å². The minimum Gasteiger partial charge on any atom is -0.486 e. The summed E-state index contributed by atoms with van der Waals surface area (Å²) < 4.78 is 23.6. The molecule has 0 amide bonds. The molecule has 0 bridgehead atoms. The van der Waals surface area contributed by atoms with E-state index in [1.165, 1.54) is 0 Å². The third-order valence-corrected chi connectivity index (χ3v) is 1.84. The molecule has 64 valence electrons. The second kappa shape index (κ2) is 2.66. The Bertz CT molecular complexity index is 310. The molecule has 0 unspecified atom stereocenters. The maximum atomic E-state index is 13.3. The van der Waals surface area contributed by atoms with Crippen LogP contribution in [0, 0.1) is 12.7 Å². The van der Waals surface area contributed by atoms with Gasteiger partial charge in [0, 0.05) is 0 Å². The monoisotopic (exact) mass is 168 g/mol. The lowest BCUT2D eigenvalue weighted by Gasteiger charge is -2.19. The molecular formula is C9H9FO2. The van der Waals surface area contributed by atoms with E-state index in [9.17, 15) is 4.39 Å². The average molecular weight is 168 g/mol. The van der Waals surface area contributed by atoms with Crippen LogP contribution in [0.3, 0.4) is 0 Å². The van der Waals surface area contributed by atoms with Gasteiger partial charge in [0.05, 0.1) is 0 Å². The Hall–Kier alpha value is -1.25. The van der Waals surface area contributed by atoms with Gasteiger partial charge in [-0.2, -0.15) is 0 Å². The molecule has 0 saturated heterocycles. The molecule has 2 nitrogen and oxygen atoms in total. The quantitative estimate of drug-likeness (QED) is 0.589. The zero-order valence-electron chi connectivity index (χ0n) is 6.76. The van der Waals surface area contributed by atoms with Crippen molar-refractivity contribution in [3.8, 4) is 11.5 Å². The Balaban J connectivity index is 2.54. The highest BCUT2D eigenvalue weighted by Crippen LogP contribution is 2.33. The van der Waals surface area contributed by atoms with Gasteiger partial charge in [-0.25, -0.2) is 4.39 Å². The summed E-state index contributed by atoms with van der Waals surface area (Å²) in [7, 11) is 0. The Morgan fingerprint density at radius 2 is 2.00 bits per heavy atom. The molecule has 0 aromatic heterocycles. The minimum atomic E-state index is -0.313. The van der Waals surface area contributed by atoms with Gasteiger partial charge in [-0.1, -0.05) is 6.07 Å². The van der Waals surface area contributed by atoms with Gasteiger partial charge < -0.3 is 9.47 Å². The molecule has 1 heterocycles. The fourth-order valence-electron chi connectivity index (χ4n) is 1.18. The SMILES string of the molecule is Cc1ccc2c(c1F)OCCO2. The fourth-order valence-corrected chi connectivity index (χ4v) is 1.18. The predicted octanol–water partition coefficient (Wildman–Crippen LogP) is 1.91. The van der Waals surface area contributed by atoms with Gasteiger partial charge >= 0.3 is 0 Å². The maximum absolute atomic E-state index is 13.3. The number of hydrogen-bond acceptors (Lipinski definition) is 2. The standard InChI is InChI=1S/C9H9FO2/c1-6-2-3-7-9(8(6)10)12-5-4-11-7/h2-3H,4-5H2,1H3. The summed E-state index contributed by atoms with van der Waals surface area (Å²) in [6.45, 7) is 2.62. The Labute approximate surface area is 69.9 Å². The molecule has 0 aliphatic carbocycles. The van der Waals surface area contributed by atoms with Crippen LogP contribution in [0.15, 0.2) is 12.1 Å². The first kappa shape index (κ1) is 7.40. The largest absolute Gasteiger partial charge is 0.486 e. The van der Waals surface area contributed by atoms with Crippen LogP contribution in [0.1, 0.15) is 5.56 Å². The van der Waals surface area contributed by atoms with E-state index in [0.29, 0.717) is 24.5 Å². The fraction of sp³-hybridized carbons (Fsp3) is 0.333. The molecule has 0 atom stereocenters. The molecule has 12 heavy (non-hydrogen) atoms. The highest BCUT2D eigenvalue weighted by molar-refractivity contribution is 5.44. The number of benzene rings is 1. The van der Waals surface area contributed by atoms with Crippen molar-refractivity contribution < 1.29 is 13.9 Å². The normalized spacial score (nSPS) is 14.5. The number of fused-ring (bicyclic) bond motifs is 1. The van der Waals surface area contributed by atoms with Crippen molar-refractivity contribution in [3.63, 3.8) is 0 Å². The van der Waals surface area contributed by atoms with Gasteiger partial charge in [0.15, 0.2) is 17.3 Å². The van der Waals surface area contributed by atoms with Gasteiger partial charge in [-0.3, -0.25) is 0 Å². The van der Waals surface area contributed by atoms with Crippen molar-refractivity contribution in [2.45, 2.75) is 6.92 Å². The number of halogens is 1. The first-order valence-corrected chi connectivity index (χ1v) is 3.84. The van der Waals surface area contributed by atoms with Crippen molar-refractivity contribution in [2.75, 3.05) is 13.2 Å². The van der Waals surface area contributed by atoms with E-state index in [0.717, 1.165) is 0 Å². The Morgan fingerprint density at radius 1 is 1.25 bits per heavy atom. The lowest BCUT2D eigenvalue weighted by Crippen LogP contribution is -2.16. The van der Waals surface area contributed by atoms with Crippen LogP contribution in [0.2, 0.25) is 0 Å². The molecule has 0 N–H and O–H groups in total. The molecule has 2 rings (SSSR count). The summed E-state index contributed by atoms with van der Waals surface area (Å²) in [6.07, 6.45) is 0. The van der Waals surface area contributed by atoms with Gasteiger partial charge in [0.1, 0.15) is 13.2 Å². The summed E-state index contributed by atoms with van der Waals surface area (Å²) >= 11 is 0. The summed E-state index contributed by atoms with van der Waals surface area (Å²) in [6, 6.07) is 3.41. The van der Waals surface area contributed by atoms with Crippen LogP contribution < -0.4 is 9.47 Å². The third kappa shape index (κ3) is 1.02. The zero-order chi connectivity index (χ0) is 8.55. The summed E-state index contributed by atoms with van der Waals surface area (Å²) in [5, 5.41) is 0. The first-order chi connectivity index (χ1) is 5.79. The maximum Gasteiger partial charge on any atom is 0.197 e. The molecule has 0 radical (unpaired) electrons. The van der Waals surface area contributed by atoms with E-state index in [1.54, 1.807) is 19.1 Å². The molecule has 3 heteroatoms. The lowest BCUT2D eigenvalue weighted by atomic mass is 10.2. The van der Waals surface area contributed by atoms with Crippen LogP contribution in [-0.4, -0.2) is 13.2 Å². The summed E-state index contributed by atoms with van der Waals surface area (Å²) in [5.41, 5.74) is 0.583. The minimum absolute atomic E-state index is 0.251. The van der Waals surface area contributed by atoms with E-state index >= 15 is 0 Å². The van der Waals surface area contributed by atoms with Crippen molar-refractivity contribution in [2.24, 2.45) is 0 Å². The molecule has 0 spiro atoms. The third-order valence-electron chi connectivity index (χ3n) is 1.84. The van der Waals surface area contributed by atoms with Gasteiger partial charge in [-0.05, 0) is 18.6 Å². The van der Waals surface area contributed by atoms with Crippen molar-refractivity contribution in [1.29, 1.82) is 0 Å². The average Bonchev–Trinajstić information content (AvgIpc) is 2.12. The highest BCUT2D eigenvalue weighted by Gasteiger charge is 2.17. The molecule has 0 fully saturated rings. The second-order valence-corrected chi connectivity index (χ2v) is 2.72.